The molecule has 0 atom stereocenters. The van der Waals surface area contributed by atoms with Gasteiger partial charge in [0, 0.05) is 19.3 Å². The summed E-state index contributed by atoms with van der Waals surface area (Å²) in [5.41, 5.74) is 4.67. The predicted octanol–water partition coefficient (Wildman–Crippen LogP) is 8.23. The summed E-state index contributed by atoms with van der Waals surface area (Å²) in [6.45, 7) is 17.4. The lowest BCUT2D eigenvalue weighted by Gasteiger charge is -2.37. The van der Waals surface area contributed by atoms with E-state index in [4.69, 9.17) is 0 Å². The van der Waals surface area contributed by atoms with Gasteiger partial charge < -0.3 is 5.11 Å². The molecular weight excluding hydrogens is 452 g/mol. The Balaban J connectivity index is 4.12. The molecule has 0 rings (SSSR count). The predicted molar refractivity (Wildman–Crippen MR) is 161 cm³/mol. The van der Waals surface area contributed by atoms with Gasteiger partial charge in [0.1, 0.15) is 13.7 Å². The Morgan fingerprint density at radius 1 is 0.694 bits per heavy atom. The molecule has 0 saturated carbocycles. The van der Waals surface area contributed by atoms with Gasteiger partial charge in [-0.15, -0.1) is 5.54 Å². The van der Waals surface area contributed by atoms with Crippen molar-refractivity contribution in [2.45, 2.75) is 129 Å². The van der Waals surface area contributed by atoms with Crippen LogP contribution in [0.15, 0.2) is 24.3 Å². The summed E-state index contributed by atoms with van der Waals surface area (Å²) >= 11 is 0. The maximum absolute atomic E-state index is 9.50. The van der Waals surface area contributed by atoms with Crippen molar-refractivity contribution in [3.63, 3.8) is 0 Å². The molecule has 0 aliphatic carbocycles. The van der Waals surface area contributed by atoms with Gasteiger partial charge in [0.15, 0.2) is 0 Å². The topological polar surface area (TPSA) is 20.2 Å². The first-order chi connectivity index (χ1) is 17.0. The Morgan fingerprint density at radius 3 is 1.81 bits per heavy atom. The van der Waals surface area contributed by atoms with Crippen LogP contribution in [-0.2, 0) is 0 Å². The molecule has 0 fully saturated rings. The molecule has 0 aliphatic rings. The summed E-state index contributed by atoms with van der Waals surface area (Å²) < 4.78 is 0. The van der Waals surface area contributed by atoms with Gasteiger partial charge in [0.2, 0.25) is 0 Å². The first kappa shape index (κ1) is 33.5. The molecule has 1 N–H and O–H groups in total. The second-order valence-corrected chi connectivity index (χ2v) is 16.2. The first-order valence-corrected chi connectivity index (χ1v) is 15.8. The third-order valence-electron chi connectivity index (χ3n) is 6.10. The molecule has 0 saturated heterocycles. The summed E-state index contributed by atoms with van der Waals surface area (Å²) in [6.07, 6.45) is 15.9. The third-order valence-corrected chi connectivity index (χ3v) is 12.4. The van der Waals surface area contributed by atoms with Crippen LogP contribution < -0.4 is 0 Å². The minimum absolute atomic E-state index is 0.642. The highest BCUT2D eigenvalue weighted by molar-refractivity contribution is 6.90. The van der Waals surface area contributed by atoms with Crippen molar-refractivity contribution in [1.82, 2.24) is 0 Å². The van der Waals surface area contributed by atoms with Crippen LogP contribution in [0.1, 0.15) is 107 Å². The van der Waals surface area contributed by atoms with E-state index in [1.165, 1.54) is 0 Å². The molecule has 0 aromatic carbocycles. The molecule has 36 heavy (non-hydrogen) atoms. The van der Waals surface area contributed by atoms with E-state index in [1.807, 2.05) is 6.08 Å². The first-order valence-electron chi connectivity index (χ1n) is 13.5. The SMILES string of the molecule is CC(C)[Si](C#CC#CCCCC#CC#C/C=C\CCCC/C=C\CC#CC(C)(C)O)(C(C)C)C(C)C. The molecule has 1 nitrogen and oxygen atoms in total. The van der Waals surface area contributed by atoms with Crippen molar-refractivity contribution in [3.8, 4) is 58.8 Å². The van der Waals surface area contributed by atoms with Crippen LogP contribution in [0.4, 0.5) is 0 Å². The van der Waals surface area contributed by atoms with Gasteiger partial charge in [-0.2, -0.15) is 0 Å². The Bertz CT molecular complexity index is 968. The molecule has 0 spiro atoms. The molecule has 0 aliphatic heterocycles. The quantitative estimate of drug-likeness (QED) is 0.131. The zero-order valence-electron chi connectivity index (χ0n) is 24.1. The molecular formula is C34H48OSi. The largest absolute Gasteiger partial charge is 0.378 e. The lowest BCUT2D eigenvalue weighted by molar-refractivity contribution is 0.143. The summed E-state index contributed by atoms with van der Waals surface area (Å²) in [6, 6.07) is 0. The van der Waals surface area contributed by atoms with Crippen LogP contribution in [0.3, 0.4) is 0 Å². The fraction of sp³-hybridized carbons (Fsp3) is 0.588. The van der Waals surface area contributed by atoms with Gasteiger partial charge in [-0.05, 0) is 92.3 Å². The number of aliphatic hydroxyl groups is 1. The molecule has 0 aromatic heterocycles. The van der Waals surface area contributed by atoms with Gasteiger partial charge in [0.05, 0.1) is 0 Å². The Labute approximate surface area is 225 Å². The van der Waals surface area contributed by atoms with Crippen LogP contribution in [0, 0.1) is 58.8 Å². The van der Waals surface area contributed by atoms with Crippen LogP contribution in [0.2, 0.25) is 16.6 Å². The minimum Gasteiger partial charge on any atom is -0.378 e. The van der Waals surface area contributed by atoms with E-state index in [2.05, 4.69) is 119 Å². The lowest BCUT2D eigenvalue weighted by atomic mass is 10.1. The number of allylic oxidation sites excluding steroid dienone is 4. The van der Waals surface area contributed by atoms with Crippen LogP contribution >= 0.6 is 0 Å². The highest BCUT2D eigenvalue weighted by atomic mass is 28.3. The summed E-state index contributed by atoms with van der Waals surface area (Å²) in [4.78, 5) is 0. The van der Waals surface area contributed by atoms with E-state index in [-0.39, 0.29) is 0 Å². The Morgan fingerprint density at radius 2 is 1.25 bits per heavy atom. The van der Waals surface area contributed by atoms with Crippen molar-refractivity contribution >= 4 is 8.07 Å². The van der Waals surface area contributed by atoms with Crippen molar-refractivity contribution in [2.75, 3.05) is 0 Å². The molecule has 0 aromatic rings. The zero-order chi connectivity index (χ0) is 27.3. The molecule has 0 radical (unpaired) electrons. The van der Waals surface area contributed by atoms with E-state index >= 15 is 0 Å². The molecule has 2 heteroatoms. The summed E-state index contributed by atoms with van der Waals surface area (Å²) in [5.74, 6) is 27.2. The van der Waals surface area contributed by atoms with E-state index in [0.717, 1.165) is 44.9 Å². The van der Waals surface area contributed by atoms with Crippen molar-refractivity contribution in [2.24, 2.45) is 0 Å². The number of hydrogen-bond donors (Lipinski definition) is 1. The molecule has 194 valence electrons. The zero-order valence-corrected chi connectivity index (χ0v) is 25.1. The average molecular weight is 501 g/mol. The highest BCUT2D eigenvalue weighted by Crippen LogP contribution is 2.40. The molecule has 0 bridgehead atoms. The Hall–Kier alpha value is -2.54. The van der Waals surface area contributed by atoms with Gasteiger partial charge in [-0.25, -0.2) is 0 Å². The normalized spacial score (nSPS) is 11.2. The summed E-state index contributed by atoms with van der Waals surface area (Å²) in [5, 5.41) is 9.50. The fourth-order valence-electron chi connectivity index (χ4n) is 4.32. The summed E-state index contributed by atoms with van der Waals surface area (Å²) in [7, 11) is -1.67. The van der Waals surface area contributed by atoms with Crippen molar-refractivity contribution in [1.29, 1.82) is 0 Å². The number of rotatable bonds is 11. The van der Waals surface area contributed by atoms with Crippen LogP contribution in [0.5, 0.6) is 0 Å². The van der Waals surface area contributed by atoms with Gasteiger partial charge in [-0.1, -0.05) is 89.4 Å². The monoisotopic (exact) mass is 500 g/mol. The number of hydrogen-bond acceptors (Lipinski definition) is 1. The van der Waals surface area contributed by atoms with E-state index in [1.54, 1.807) is 13.8 Å². The number of unbranched alkanes of at least 4 members (excludes halogenated alkanes) is 5. The van der Waals surface area contributed by atoms with Gasteiger partial charge in [0.25, 0.3) is 0 Å². The van der Waals surface area contributed by atoms with Crippen LogP contribution in [0.25, 0.3) is 0 Å². The molecule has 0 unspecified atom stereocenters. The maximum Gasteiger partial charge on any atom is 0.147 e. The molecule has 0 amide bonds. The van der Waals surface area contributed by atoms with Crippen molar-refractivity contribution in [3.05, 3.63) is 24.3 Å². The molecule has 0 heterocycles. The van der Waals surface area contributed by atoms with Gasteiger partial charge in [-0.3, -0.25) is 0 Å². The van der Waals surface area contributed by atoms with Crippen molar-refractivity contribution < 1.29 is 5.11 Å². The highest BCUT2D eigenvalue weighted by Gasteiger charge is 2.41. The average Bonchev–Trinajstić information content (AvgIpc) is 2.78. The lowest BCUT2D eigenvalue weighted by Crippen LogP contribution is -2.43. The third kappa shape index (κ3) is 16.2. The standard InChI is InChI=1S/C34H48OSi/c1-31(2)36(32(3)4,33(5)6)30-28-26-24-22-20-18-16-14-12-10-9-11-13-15-17-19-21-23-25-27-29-34(7,8)35/h9,11,21,23,31-33,35H,13,15,17-20,22,25H2,1-8H3/b11-9-,23-21-. The van der Waals surface area contributed by atoms with Gasteiger partial charge >= 0.3 is 0 Å². The second kappa shape index (κ2) is 19.6. The second-order valence-electron chi connectivity index (χ2n) is 10.6. The van der Waals surface area contributed by atoms with E-state index < -0.39 is 13.7 Å². The fourth-order valence-corrected chi connectivity index (χ4v) is 9.47. The Kier molecular flexibility index (Phi) is 18.2. The smallest absolute Gasteiger partial charge is 0.147 e. The van der Waals surface area contributed by atoms with E-state index in [0.29, 0.717) is 23.0 Å². The van der Waals surface area contributed by atoms with Crippen LogP contribution in [-0.4, -0.2) is 18.8 Å². The minimum atomic E-state index is -1.67. The van der Waals surface area contributed by atoms with E-state index in [9.17, 15) is 5.11 Å². The maximum atomic E-state index is 9.50.